The number of aromatic nitrogens is 4. The van der Waals surface area contributed by atoms with Gasteiger partial charge in [-0.3, -0.25) is 19.8 Å². The number of benzene rings is 2. The van der Waals surface area contributed by atoms with Crippen LogP contribution in [0.3, 0.4) is 0 Å². The minimum Gasteiger partial charge on any atom is -0.508 e. The number of anilines is 1. The smallest absolute Gasteiger partial charge is 0.247 e. The highest BCUT2D eigenvalue weighted by Crippen LogP contribution is 2.40. The molecule has 2 amide bonds. The van der Waals surface area contributed by atoms with Gasteiger partial charge in [-0.05, 0) is 67.9 Å². The lowest BCUT2D eigenvalue weighted by atomic mass is 9.95. The number of nitrogens with one attached hydrogen (secondary N) is 1. The number of halogens is 1. The van der Waals surface area contributed by atoms with Crippen molar-refractivity contribution in [2.45, 2.75) is 37.8 Å². The first kappa shape index (κ1) is 26.8. The number of imide groups is 1. The van der Waals surface area contributed by atoms with E-state index in [1.807, 2.05) is 4.90 Å². The molecule has 0 aliphatic carbocycles. The predicted molar refractivity (Wildman–Crippen MR) is 159 cm³/mol. The van der Waals surface area contributed by atoms with E-state index >= 15 is 0 Å². The lowest BCUT2D eigenvalue weighted by molar-refractivity contribution is -0.126. The van der Waals surface area contributed by atoms with Crippen molar-refractivity contribution in [3.8, 4) is 24.0 Å². The fourth-order valence-corrected chi connectivity index (χ4v) is 7.69. The van der Waals surface area contributed by atoms with Gasteiger partial charge in [0.15, 0.2) is 11.2 Å². The fourth-order valence-electron chi connectivity index (χ4n) is 7.69. The zero-order valence-corrected chi connectivity index (χ0v) is 23.9. The molecule has 0 radical (unpaired) electrons. The molecule has 4 saturated heterocycles. The zero-order valence-electron chi connectivity index (χ0n) is 23.9. The van der Waals surface area contributed by atoms with E-state index < -0.39 is 17.7 Å². The van der Waals surface area contributed by atoms with Gasteiger partial charge in [0.25, 0.3) is 0 Å². The Balaban J connectivity index is 1.21. The van der Waals surface area contributed by atoms with Crippen molar-refractivity contribution in [2.24, 2.45) is 11.8 Å². The number of phenols is 1. The standard InChI is InChI=1S/C32H30FN7O4/c1-2-21-24(33)6-5-18-11-20(41)12-19(25(18)21)13-39-17-34-26-27(39)35-31(38-14-22-23(15-38)29(43)36-28(22)42)37-30(26)44-16-32-7-3-9-40(32)10-4-8-32/h1,5-6,11-12,17,22-23,41H,3-4,7-10,13-16H2,(H,36,42,43). The number of terminal acetylenes is 1. The molecule has 11 nitrogen and oxygen atoms in total. The van der Waals surface area contributed by atoms with Gasteiger partial charge in [-0.25, -0.2) is 9.37 Å². The van der Waals surface area contributed by atoms with Gasteiger partial charge >= 0.3 is 0 Å². The molecule has 4 fully saturated rings. The van der Waals surface area contributed by atoms with Crippen LogP contribution in [0, 0.1) is 30.0 Å². The van der Waals surface area contributed by atoms with Crippen LogP contribution in [0.25, 0.3) is 21.9 Å². The van der Waals surface area contributed by atoms with E-state index in [4.69, 9.17) is 21.1 Å². The molecular weight excluding hydrogens is 565 g/mol. The molecule has 2 unspecified atom stereocenters. The summed E-state index contributed by atoms with van der Waals surface area (Å²) in [5.41, 5.74) is 1.63. The van der Waals surface area contributed by atoms with Crippen LogP contribution >= 0.6 is 0 Å². The van der Waals surface area contributed by atoms with Gasteiger partial charge < -0.3 is 19.3 Å². The van der Waals surface area contributed by atoms with Crippen LogP contribution in [0.1, 0.15) is 36.8 Å². The van der Waals surface area contributed by atoms with E-state index in [1.165, 1.54) is 6.07 Å². The molecule has 2 N–H and O–H groups in total. The summed E-state index contributed by atoms with van der Waals surface area (Å²) in [5, 5.41) is 14.1. The van der Waals surface area contributed by atoms with Crippen LogP contribution in [0.5, 0.6) is 11.6 Å². The number of phenolic OH excluding ortho intramolecular Hbond substituents is 1. The lowest BCUT2D eigenvalue weighted by Crippen LogP contribution is -2.43. The number of aromatic hydroxyl groups is 1. The van der Waals surface area contributed by atoms with Gasteiger partial charge in [0.05, 0.1) is 35.8 Å². The Labute approximate surface area is 252 Å². The number of hydrogen-bond donors (Lipinski definition) is 2. The molecule has 0 saturated carbocycles. The lowest BCUT2D eigenvalue weighted by Gasteiger charge is -2.31. The third kappa shape index (κ3) is 4.10. The zero-order chi connectivity index (χ0) is 30.2. The Bertz CT molecular complexity index is 1880. The van der Waals surface area contributed by atoms with E-state index in [0.717, 1.165) is 38.8 Å². The van der Waals surface area contributed by atoms with Gasteiger partial charge in [0.1, 0.15) is 18.2 Å². The van der Waals surface area contributed by atoms with Crippen LogP contribution in [-0.2, 0) is 16.1 Å². The van der Waals surface area contributed by atoms with Crippen molar-refractivity contribution < 1.29 is 23.8 Å². The number of carbonyl (C=O) groups is 2. The molecule has 4 aliphatic rings. The topological polar surface area (TPSA) is 126 Å². The normalized spacial score (nSPS) is 22.5. The first-order chi connectivity index (χ1) is 21.3. The Kier molecular flexibility index (Phi) is 6.03. The van der Waals surface area contributed by atoms with E-state index in [9.17, 15) is 19.1 Å². The van der Waals surface area contributed by atoms with Crippen LogP contribution in [0.4, 0.5) is 10.3 Å². The molecule has 6 heterocycles. The first-order valence-electron chi connectivity index (χ1n) is 14.9. The van der Waals surface area contributed by atoms with Crippen molar-refractivity contribution in [1.82, 2.24) is 29.7 Å². The van der Waals surface area contributed by atoms with Crippen LogP contribution in [-0.4, -0.2) is 79.7 Å². The second-order valence-electron chi connectivity index (χ2n) is 12.3. The summed E-state index contributed by atoms with van der Waals surface area (Å²) < 4.78 is 23.0. The van der Waals surface area contributed by atoms with Crippen molar-refractivity contribution in [3.05, 3.63) is 47.5 Å². The third-order valence-corrected chi connectivity index (χ3v) is 9.85. The Hall–Kier alpha value is -4.76. The van der Waals surface area contributed by atoms with Gasteiger partial charge in [-0.15, -0.1) is 6.42 Å². The maximum absolute atomic E-state index is 14.7. The van der Waals surface area contributed by atoms with Gasteiger partial charge in [-0.1, -0.05) is 12.0 Å². The van der Waals surface area contributed by atoms with Crippen molar-refractivity contribution >= 4 is 39.7 Å². The van der Waals surface area contributed by atoms with Crippen molar-refractivity contribution in [3.63, 3.8) is 0 Å². The molecule has 224 valence electrons. The number of hydrogen-bond acceptors (Lipinski definition) is 9. The maximum Gasteiger partial charge on any atom is 0.247 e. The molecule has 2 aromatic carbocycles. The first-order valence-corrected chi connectivity index (χ1v) is 14.9. The molecule has 4 aliphatic heterocycles. The molecule has 0 bridgehead atoms. The molecule has 2 aromatic heterocycles. The van der Waals surface area contributed by atoms with Crippen molar-refractivity contribution in [1.29, 1.82) is 0 Å². The highest BCUT2D eigenvalue weighted by molar-refractivity contribution is 6.06. The minimum absolute atomic E-state index is 0.0225. The van der Waals surface area contributed by atoms with Gasteiger partial charge in [0, 0.05) is 18.5 Å². The highest BCUT2D eigenvalue weighted by atomic mass is 19.1. The van der Waals surface area contributed by atoms with E-state index in [0.29, 0.717) is 59.0 Å². The van der Waals surface area contributed by atoms with E-state index in [1.54, 1.807) is 29.1 Å². The van der Waals surface area contributed by atoms with Crippen LogP contribution in [0.2, 0.25) is 0 Å². The molecule has 2 atom stereocenters. The number of nitrogens with zero attached hydrogens (tertiary/aromatic N) is 6. The average Bonchev–Trinajstić information content (AvgIpc) is 3.81. The highest BCUT2D eigenvalue weighted by Gasteiger charge is 2.49. The summed E-state index contributed by atoms with van der Waals surface area (Å²) in [4.78, 5) is 43.5. The monoisotopic (exact) mass is 595 g/mol. The Morgan fingerprint density at radius 1 is 1.11 bits per heavy atom. The molecule has 12 heteroatoms. The fraction of sp³-hybridized carbons (Fsp3) is 0.406. The molecular formula is C32H30FN7O4. The second kappa shape index (κ2) is 9.89. The SMILES string of the molecule is C#Cc1c(F)ccc2cc(O)cc(Cn3cnc4c(OCC56CCCN5CCC6)nc(N5CC6C(=O)NC(=O)C6C5)nc43)c12. The summed E-state index contributed by atoms with van der Waals surface area (Å²) in [5.74, 6) is 1.16. The maximum atomic E-state index is 14.7. The quantitative estimate of drug-likeness (QED) is 0.256. The van der Waals surface area contributed by atoms with Crippen LogP contribution < -0.4 is 15.0 Å². The summed E-state index contributed by atoms with van der Waals surface area (Å²) in [6.45, 7) is 3.39. The number of carbonyl (C=O) groups excluding carboxylic acids is 2. The van der Waals surface area contributed by atoms with E-state index in [-0.39, 0.29) is 35.2 Å². The summed E-state index contributed by atoms with van der Waals surface area (Å²) in [7, 11) is 0. The summed E-state index contributed by atoms with van der Waals surface area (Å²) >= 11 is 0. The summed E-state index contributed by atoms with van der Waals surface area (Å²) in [6, 6.07) is 5.99. The van der Waals surface area contributed by atoms with Gasteiger partial charge in [0.2, 0.25) is 23.6 Å². The number of amides is 2. The average molecular weight is 596 g/mol. The number of ether oxygens (including phenoxy) is 1. The van der Waals surface area contributed by atoms with E-state index in [2.05, 4.69) is 21.1 Å². The minimum atomic E-state index is -0.520. The largest absolute Gasteiger partial charge is 0.508 e. The van der Waals surface area contributed by atoms with Crippen LogP contribution in [0.15, 0.2) is 30.6 Å². The Morgan fingerprint density at radius 2 is 1.86 bits per heavy atom. The Morgan fingerprint density at radius 3 is 2.59 bits per heavy atom. The number of imidazole rings is 1. The molecule has 44 heavy (non-hydrogen) atoms. The molecule has 8 rings (SSSR count). The molecule has 0 spiro atoms. The number of rotatable bonds is 6. The number of fused-ring (bicyclic) bond motifs is 4. The third-order valence-electron chi connectivity index (χ3n) is 9.85. The second-order valence-corrected chi connectivity index (χ2v) is 12.3. The molecule has 4 aromatic rings. The van der Waals surface area contributed by atoms with Crippen molar-refractivity contribution in [2.75, 3.05) is 37.7 Å². The van der Waals surface area contributed by atoms with Gasteiger partial charge in [-0.2, -0.15) is 9.97 Å². The predicted octanol–water partition coefficient (Wildman–Crippen LogP) is 2.57. The summed E-state index contributed by atoms with van der Waals surface area (Å²) in [6.07, 6.45) is 11.7.